The summed E-state index contributed by atoms with van der Waals surface area (Å²) >= 11 is 1.36. The number of nitrogens with two attached hydrogens (primary N) is 1. The minimum atomic E-state index is -0.493. The van der Waals surface area contributed by atoms with Gasteiger partial charge in [0.05, 0.1) is 17.7 Å². The van der Waals surface area contributed by atoms with Gasteiger partial charge in [0, 0.05) is 16.8 Å². The molecule has 0 aliphatic carbocycles. The zero-order chi connectivity index (χ0) is 20.1. The molecule has 0 unspecified atom stereocenters. The van der Waals surface area contributed by atoms with Crippen molar-refractivity contribution >= 4 is 34.6 Å². The van der Waals surface area contributed by atoms with Gasteiger partial charge in [-0.15, -0.1) is 11.3 Å². The van der Waals surface area contributed by atoms with E-state index in [1.54, 1.807) is 17.5 Å². The second kappa shape index (κ2) is 8.67. The number of hydrogen-bond donors (Lipinski definition) is 2. The standard InChI is InChI=1S/C21H21N3O3S/c1-13-6-3-4-9-17(13)24-18(25)10-19-23-15(12-28-19)11-27-21(26)16-8-5-7-14(2)20(16)22/h3-9,12H,10-11,22H2,1-2H3,(H,24,25). The molecule has 0 spiro atoms. The maximum Gasteiger partial charge on any atom is 0.340 e. The van der Waals surface area contributed by atoms with E-state index in [4.69, 9.17) is 10.5 Å². The topological polar surface area (TPSA) is 94.3 Å². The SMILES string of the molecule is Cc1ccccc1NC(=O)Cc1nc(COC(=O)c2cccc(C)c2N)cs1. The van der Waals surface area contributed by atoms with E-state index in [1.807, 2.05) is 44.2 Å². The third kappa shape index (κ3) is 4.75. The lowest BCUT2D eigenvalue weighted by atomic mass is 10.1. The lowest BCUT2D eigenvalue weighted by Gasteiger charge is -2.08. The first kappa shape index (κ1) is 19.6. The lowest BCUT2D eigenvalue weighted by molar-refractivity contribution is -0.115. The van der Waals surface area contributed by atoms with Crippen molar-refractivity contribution in [2.24, 2.45) is 0 Å². The van der Waals surface area contributed by atoms with Crippen LogP contribution < -0.4 is 11.1 Å². The Morgan fingerprint density at radius 1 is 1.11 bits per heavy atom. The Morgan fingerprint density at radius 3 is 2.64 bits per heavy atom. The molecule has 3 rings (SSSR count). The van der Waals surface area contributed by atoms with Gasteiger partial charge in [0.15, 0.2) is 0 Å². The molecule has 0 bridgehead atoms. The van der Waals surface area contributed by atoms with Crippen LogP contribution >= 0.6 is 11.3 Å². The third-order valence-corrected chi connectivity index (χ3v) is 5.12. The Morgan fingerprint density at radius 2 is 1.86 bits per heavy atom. The summed E-state index contributed by atoms with van der Waals surface area (Å²) in [5.74, 6) is -0.632. The molecule has 0 fully saturated rings. The average Bonchev–Trinajstić information content (AvgIpc) is 3.11. The van der Waals surface area contributed by atoms with E-state index >= 15 is 0 Å². The van der Waals surface area contributed by atoms with Gasteiger partial charge in [-0.2, -0.15) is 0 Å². The molecule has 3 aromatic rings. The molecule has 28 heavy (non-hydrogen) atoms. The zero-order valence-electron chi connectivity index (χ0n) is 15.7. The van der Waals surface area contributed by atoms with Crippen molar-refractivity contribution in [2.45, 2.75) is 26.9 Å². The highest BCUT2D eigenvalue weighted by Crippen LogP contribution is 2.19. The number of para-hydroxylation sites is 2. The van der Waals surface area contributed by atoms with Crippen LogP contribution in [0, 0.1) is 13.8 Å². The maximum absolute atomic E-state index is 12.2. The van der Waals surface area contributed by atoms with Crippen molar-refractivity contribution in [1.29, 1.82) is 0 Å². The molecule has 0 atom stereocenters. The molecule has 0 radical (unpaired) electrons. The van der Waals surface area contributed by atoms with Crippen molar-refractivity contribution in [2.75, 3.05) is 11.1 Å². The van der Waals surface area contributed by atoms with Crippen molar-refractivity contribution in [3.8, 4) is 0 Å². The summed E-state index contributed by atoms with van der Waals surface area (Å²) in [5, 5.41) is 5.32. The van der Waals surface area contributed by atoms with E-state index in [-0.39, 0.29) is 18.9 Å². The highest BCUT2D eigenvalue weighted by Gasteiger charge is 2.14. The van der Waals surface area contributed by atoms with Gasteiger partial charge < -0.3 is 15.8 Å². The van der Waals surface area contributed by atoms with Crippen LogP contribution in [0.15, 0.2) is 47.8 Å². The van der Waals surface area contributed by atoms with E-state index in [1.165, 1.54) is 11.3 Å². The molecule has 7 heteroatoms. The van der Waals surface area contributed by atoms with Gasteiger partial charge in [-0.3, -0.25) is 4.79 Å². The highest BCUT2D eigenvalue weighted by atomic mass is 32.1. The number of amides is 1. The number of nitrogens with zero attached hydrogens (tertiary/aromatic N) is 1. The van der Waals surface area contributed by atoms with Crippen molar-refractivity contribution in [1.82, 2.24) is 4.98 Å². The predicted molar refractivity (Wildman–Crippen MR) is 110 cm³/mol. The summed E-state index contributed by atoms with van der Waals surface area (Å²) in [7, 11) is 0. The summed E-state index contributed by atoms with van der Waals surface area (Å²) in [5.41, 5.74) is 9.89. The van der Waals surface area contributed by atoms with Crippen LogP contribution in [0.1, 0.15) is 32.2 Å². The molecule has 0 saturated carbocycles. The van der Waals surface area contributed by atoms with Crippen molar-refractivity contribution in [3.63, 3.8) is 0 Å². The molecular formula is C21H21N3O3S. The molecular weight excluding hydrogens is 374 g/mol. The molecule has 1 heterocycles. The molecule has 1 amide bonds. The Balaban J connectivity index is 1.55. The van der Waals surface area contributed by atoms with Crippen molar-refractivity contribution in [3.05, 3.63) is 75.2 Å². The van der Waals surface area contributed by atoms with Gasteiger partial charge >= 0.3 is 5.97 Å². The molecule has 1 aromatic heterocycles. The summed E-state index contributed by atoms with van der Waals surface area (Å²) in [4.78, 5) is 28.8. The number of benzene rings is 2. The van der Waals surface area contributed by atoms with Gasteiger partial charge in [0.25, 0.3) is 0 Å². The fourth-order valence-electron chi connectivity index (χ4n) is 2.62. The van der Waals surface area contributed by atoms with Gasteiger partial charge in [0.1, 0.15) is 11.6 Å². The second-order valence-corrected chi connectivity index (χ2v) is 7.33. The van der Waals surface area contributed by atoms with Crippen LogP contribution in [-0.2, 0) is 22.6 Å². The number of esters is 1. The average molecular weight is 395 g/mol. The number of thiazole rings is 1. The van der Waals surface area contributed by atoms with Crippen LogP contribution in [0.4, 0.5) is 11.4 Å². The third-order valence-electron chi connectivity index (χ3n) is 4.23. The normalized spacial score (nSPS) is 10.5. The largest absolute Gasteiger partial charge is 0.455 e. The first-order valence-electron chi connectivity index (χ1n) is 8.75. The van der Waals surface area contributed by atoms with Crippen LogP contribution in [0.5, 0.6) is 0 Å². The fourth-order valence-corrected chi connectivity index (χ4v) is 3.39. The minimum absolute atomic E-state index is 0.0299. The summed E-state index contributed by atoms with van der Waals surface area (Å²) in [6, 6.07) is 12.8. The van der Waals surface area contributed by atoms with E-state index in [2.05, 4.69) is 10.3 Å². The molecule has 0 aliphatic rings. The Kier molecular flexibility index (Phi) is 6.06. The van der Waals surface area contributed by atoms with E-state index in [0.29, 0.717) is 22.0 Å². The smallest absolute Gasteiger partial charge is 0.340 e. The molecule has 0 aliphatic heterocycles. The molecule has 0 saturated heterocycles. The van der Waals surface area contributed by atoms with Gasteiger partial charge in [-0.1, -0.05) is 30.3 Å². The van der Waals surface area contributed by atoms with Crippen LogP contribution in [0.3, 0.4) is 0 Å². The number of aryl methyl sites for hydroxylation is 2. The number of carbonyl (C=O) groups is 2. The molecule has 6 nitrogen and oxygen atoms in total. The first-order valence-corrected chi connectivity index (χ1v) is 9.63. The quantitative estimate of drug-likeness (QED) is 0.488. The lowest BCUT2D eigenvalue weighted by Crippen LogP contribution is -2.15. The van der Waals surface area contributed by atoms with Crippen LogP contribution in [0.2, 0.25) is 0 Å². The zero-order valence-corrected chi connectivity index (χ0v) is 16.5. The fraction of sp³-hybridized carbons (Fsp3) is 0.190. The van der Waals surface area contributed by atoms with Crippen molar-refractivity contribution < 1.29 is 14.3 Å². The second-order valence-electron chi connectivity index (χ2n) is 6.38. The van der Waals surface area contributed by atoms with Gasteiger partial charge in [-0.25, -0.2) is 9.78 Å². The monoisotopic (exact) mass is 395 g/mol. The molecule has 144 valence electrons. The van der Waals surface area contributed by atoms with E-state index in [0.717, 1.165) is 16.8 Å². The maximum atomic E-state index is 12.2. The van der Waals surface area contributed by atoms with E-state index < -0.39 is 5.97 Å². The van der Waals surface area contributed by atoms with E-state index in [9.17, 15) is 9.59 Å². The Labute approximate surface area is 167 Å². The number of carbonyl (C=O) groups excluding carboxylic acids is 2. The number of nitrogens with one attached hydrogen (secondary N) is 1. The van der Waals surface area contributed by atoms with Gasteiger partial charge in [-0.05, 0) is 37.1 Å². The number of nitrogen functional groups attached to an aromatic ring is 1. The predicted octanol–water partition coefficient (Wildman–Crippen LogP) is 3.88. The Bertz CT molecular complexity index is 1010. The van der Waals surface area contributed by atoms with Crippen LogP contribution in [-0.4, -0.2) is 16.9 Å². The number of hydrogen-bond acceptors (Lipinski definition) is 6. The number of anilines is 2. The van der Waals surface area contributed by atoms with Crippen LogP contribution in [0.25, 0.3) is 0 Å². The number of aromatic nitrogens is 1. The summed E-state index contributed by atoms with van der Waals surface area (Å²) < 4.78 is 5.30. The highest BCUT2D eigenvalue weighted by molar-refractivity contribution is 7.09. The minimum Gasteiger partial charge on any atom is -0.455 e. The van der Waals surface area contributed by atoms with Gasteiger partial charge in [0.2, 0.25) is 5.91 Å². The molecule has 3 N–H and O–H groups in total. The number of rotatable bonds is 6. The summed E-state index contributed by atoms with van der Waals surface area (Å²) in [6.07, 6.45) is 0.164. The first-order chi connectivity index (χ1) is 13.4. The Hall–Kier alpha value is -3.19. The summed E-state index contributed by atoms with van der Waals surface area (Å²) in [6.45, 7) is 3.80. The number of ether oxygens (including phenoxy) is 1. The molecule has 2 aromatic carbocycles.